The van der Waals surface area contributed by atoms with E-state index >= 15 is 0 Å². The lowest BCUT2D eigenvalue weighted by atomic mass is 10.1. The Labute approximate surface area is 153 Å². The Hall–Kier alpha value is -2.19. The lowest BCUT2D eigenvalue weighted by Gasteiger charge is -2.13. The number of aromatic nitrogens is 2. The van der Waals surface area contributed by atoms with E-state index in [2.05, 4.69) is 10.3 Å². The molecule has 0 bridgehead atoms. The average molecular weight is 377 g/mol. The SMILES string of the molecule is Cc1ccc(C)c(-n2ccnc2S(=O)(=O)CC(=O)NC[C@@H]2CCCO2)c1. The minimum atomic E-state index is -3.87. The van der Waals surface area contributed by atoms with Gasteiger partial charge in [-0.1, -0.05) is 12.1 Å². The van der Waals surface area contributed by atoms with Crippen LogP contribution < -0.4 is 5.32 Å². The quantitative estimate of drug-likeness (QED) is 0.825. The Morgan fingerprint density at radius 3 is 2.92 bits per heavy atom. The summed E-state index contributed by atoms with van der Waals surface area (Å²) in [6.07, 6.45) is 4.84. The van der Waals surface area contributed by atoms with Gasteiger partial charge < -0.3 is 10.1 Å². The fraction of sp³-hybridized carbons (Fsp3) is 0.444. The maximum atomic E-state index is 12.7. The summed E-state index contributed by atoms with van der Waals surface area (Å²) in [6, 6.07) is 5.78. The number of amides is 1. The highest BCUT2D eigenvalue weighted by molar-refractivity contribution is 7.92. The first-order chi connectivity index (χ1) is 12.4. The molecule has 0 radical (unpaired) electrons. The average Bonchev–Trinajstić information content (AvgIpc) is 3.26. The van der Waals surface area contributed by atoms with Gasteiger partial charge in [0.25, 0.3) is 0 Å². The Morgan fingerprint density at radius 2 is 2.19 bits per heavy atom. The van der Waals surface area contributed by atoms with Gasteiger partial charge in [-0.3, -0.25) is 9.36 Å². The van der Waals surface area contributed by atoms with Crippen molar-refractivity contribution in [1.82, 2.24) is 14.9 Å². The smallest absolute Gasteiger partial charge is 0.235 e. The van der Waals surface area contributed by atoms with E-state index in [1.807, 2.05) is 32.0 Å². The first kappa shape index (κ1) is 18.6. The van der Waals surface area contributed by atoms with Crippen molar-refractivity contribution < 1.29 is 17.9 Å². The predicted octanol–water partition coefficient (Wildman–Crippen LogP) is 1.56. The van der Waals surface area contributed by atoms with Gasteiger partial charge in [-0.25, -0.2) is 13.4 Å². The molecule has 3 rings (SSSR count). The number of nitrogens with one attached hydrogen (secondary N) is 1. The van der Waals surface area contributed by atoms with Crippen LogP contribution in [0.25, 0.3) is 5.69 Å². The Balaban J connectivity index is 1.76. The fourth-order valence-electron chi connectivity index (χ4n) is 3.00. The summed E-state index contributed by atoms with van der Waals surface area (Å²) in [6.45, 7) is 4.86. The van der Waals surface area contributed by atoms with Crippen molar-refractivity contribution in [3.63, 3.8) is 0 Å². The molecule has 0 aliphatic carbocycles. The lowest BCUT2D eigenvalue weighted by Crippen LogP contribution is -2.36. The van der Waals surface area contributed by atoms with Crippen LogP contribution in [0.2, 0.25) is 0 Å². The molecule has 1 fully saturated rings. The molecular weight excluding hydrogens is 354 g/mol. The highest BCUT2D eigenvalue weighted by Gasteiger charge is 2.26. The molecule has 1 aliphatic rings. The van der Waals surface area contributed by atoms with Crippen LogP contribution in [0, 0.1) is 13.8 Å². The Bertz CT molecular complexity index is 899. The summed E-state index contributed by atoms with van der Waals surface area (Å²) in [5, 5.41) is 2.52. The van der Waals surface area contributed by atoms with Gasteiger partial charge in [0, 0.05) is 25.5 Å². The van der Waals surface area contributed by atoms with Crippen LogP contribution in [0.1, 0.15) is 24.0 Å². The zero-order chi connectivity index (χ0) is 18.7. The number of sulfone groups is 1. The minimum absolute atomic E-state index is 0.0291. The molecule has 8 heteroatoms. The first-order valence-corrected chi connectivity index (χ1v) is 10.2. The van der Waals surface area contributed by atoms with Gasteiger partial charge >= 0.3 is 0 Å². The molecule has 140 valence electrons. The number of aryl methyl sites for hydroxylation is 2. The lowest BCUT2D eigenvalue weighted by molar-refractivity contribution is -0.119. The summed E-state index contributed by atoms with van der Waals surface area (Å²) in [5.74, 6) is -1.18. The van der Waals surface area contributed by atoms with Gasteiger partial charge in [-0.05, 0) is 43.9 Å². The topological polar surface area (TPSA) is 90.3 Å². The van der Waals surface area contributed by atoms with Gasteiger partial charge in [0.05, 0.1) is 11.8 Å². The summed E-state index contributed by atoms with van der Waals surface area (Å²) >= 11 is 0. The summed E-state index contributed by atoms with van der Waals surface area (Å²) in [5.41, 5.74) is 2.67. The third kappa shape index (κ3) is 4.13. The Kier molecular flexibility index (Phi) is 5.43. The number of rotatable bonds is 6. The van der Waals surface area contributed by atoms with Crippen molar-refractivity contribution in [2.75, 3.05) is 18.9 Å². The fourth-order valence-corrected chi connectivity index (χ4v) is 4.26. The van der Waals surface area contributed by atoms with Gasteiger partial charge in [-0.15, -0.1) is 0 Å². The van der Waals surface area contributed by atoms with Gasteiger partial charge in [0.2, 0.25) is 20.9 Å². The molecule has 1 amide bonds. The number of hydrogen-bond donors (Lipinski definition) is 1. The number of nitrogens with zero attached hydrogens (tertiary/aromatic N) is 2. The second-order valence-electron chi connectivity index (χ2n) is 6.57. The number of carbonyl (C=O) groups is 1. The number of carbonyl (C=O) groups excluding carboxylic acids is 1. The van der Waals surface area contributed by atoms with Crippen molar-refractivity contribution in [2.24, 2.45) is 0 Å². The van der Waals surface area contributed by atoms with Crippen LogP contribution in [0.15, 0.2) is 35.7 Å². The molecule has 2 aromatic rings. The highest BCUT2D eigenvalue weighted by atomic mass is 32.2. The van der Waals surface area contributed by atoms with E-state index in [0.29, 0.717) is 13.2 Å². The Morgan fingerprint density at radius 1 is 1.38 bits per heavy atom. The molecule has 1 atom stereocenters. The number of ether oxygens (including phenoxy) is 1. The van der Waals surface area contributed by atoms with Crippen LogP contribution in [-0.2, 0) is 19.4 Å². The second-order valence-corrected chi connectivity index (χ2v) is 8.45. The molecule has 1 aromatic heterocycles. The summed E-state index contributed by atoms with van der Waals surface area (Å²) < 4.78 is 32.4. The van der Waals surface area contributed by atoms with E-state index in [-0.39, 0.29) is 11.3 Å². The van der Waals surface area contributed by atoms with Crippen molar-refractivity contribution in [3.8, 4) is 5.69 Å². The molecule has 0 unspecified atom stereocenters. The van der Waals surface area contributed by atoms with E-state index in [1.165, 1.54) is 10.8 Å². The zero-order valence-corrected chi connectivity index (χ0v) is 15.8. The van der Waals surface area contributed by atoms with Crippen molar-refractivity contribution >= 4 is 15.7 Å². The van der Waals surface area contributed by atoms with Gasteiger partial charge in [0.15, 0.2) is 0 Å². The third-order valence-electron chi connectivity index (χ3n) is 4.38. The van der Waals surface area contributed by atoms with Crippen molar-refractivity contribution in [2.45, 2.75) is 37.9 Å². The largest absolute Gasteiger partial charge is 0.376 e. The normalized spacial score (nSPS) is 17.4. The van der Waals surface area contributed by atoms with Crippen LogP contribution in [0.5, 0.6) is 0 Å². The van der Waals surface area contributed by atoms with E-state index < -0.39 is 21.5 Å². The van der Waals surface area contributed by atoms with Crippen LogP contribution >= 0.6 is 0 Å². The minimum Gasteiger partial charge on any atom is -0.376 e. The highest BCUT2D eigenvalue weighted by Crippen LogP contribution is 2.20. The molecule has 1 saturated heterocycles. The molecule has 2 heterocycles. The molecule has 1 N–H and O–H groups in total. The van der Waals surface area contributed by atoms with E-state index in [4.69, 9.17) is 4.74 Å². The number of imidazole rings is 1. The second kappa shape index (κ2) is 7.59. The van der Waals surface area contributed by atoms with Crippen LogP contribution in [-0.4, -0.2) is 48.9 Å². The van der Waals surface area contributed by atoms with E-state index in [0.717, 1.165) is 29.7 Å². The summed E-state index contributed by atoms with van der Waals surface area (Å²) in [4.78, 5) is 16.1. The van der Waals surface area contributed by atoms with Gasteiger partial charge in [0.1, 0.15) is 5.75 Å². The van der Waals surface area contributed by atoms with Gasteiger partial charge in [-0.2, -0.15) is 0 Å². The zero-order valence-electron chi connectivity index (χ0n) is 14.9. The van der Waals surface area contributed by atoms with Crippen LogP contribution in [0.4, 0.5) is 0 Å². The summed E-state index contributed by atoms with van der Waals surface area (Å²) in [7, 11) is -3.87. The van der Waals surface area contributed by atoms with E-state index in [1.54, 1.807) is 6.20 Å². The maximum absolute atomic E-state index is 12.7. The molecule has 1 aliphatic heterocycles. The third-order valence-corrected chi connectivity index (χ3v) is 5.88. The number of benzene rings is 1. The molecule has 7 nitrogen and oxygen atoms in total. The standard InChI is InChI=1S/C18H23N3O4S/c1-13-5-6-14(2)16(10-13)21-8-7-19-18(21)26(23,24)12-17(22)20-11-15-4-3-9-25-15/h5-8,10,15H,3-4,9,11-12H2,1-2H3,(H,20,22)/t15-/m0/s1. The maximum Gasteiger partial charge on any atom is 0.235 e. The van der Waals surface area contributed by atoms with E-state index in [9.17, 15) is 13.2 Å². The monoisotopic (exact) mass is 377 g/mol. The van der Waals surface area contributed by atoms with Crippen molar-refractivity contribution in [1.29, 1.82) is 0 Å². The molecular formula is C18H23N3O4S. The predicted molar refractivity (Wildman–Crippen MR) is 97.1 cm³/mol. The van der Waals surface area contributed by atoms with Crippen molar-refractivity contribution in [3.05, 3.63) is 41.7 Å². The molecule has 0 saturated carbocycles. The van der Waals surface area contributed by atoms with Crippen LogP contribution in [0.3, 0.4) is 0 Å². The molecule has 0 spiro atoms. The molecule has 1 aromatic carbocycles. The number of hydrogen-bond acceptors (Lipinski definition) is 5. The molecule has 26 heavy (non-hydrogen) atoms. The first-order valence-electron chi connectivity index (χ1n) is 8.59.